The summed E-state index contributed by atoms with van der Waals surface area (Å²) in [6.07, 6.45) is 0. The number of phenols is 1. The topological polar surface area (TPSA) is 48.9 Å². The molecule has 1 aromatic heterocycles. The third-order valence-corrected chi connectivity index (χ3v) is 3.23. The zero-order valence-electron chi connectivity index (χ0n) is 9.42. The molecule has 0 amide bonds. The maximum Gasteiger partial charge on any atom is 0.145 e. The maximum absolute atomic E-state index is 13.1. The first-order chi connectivity index (χ1) is 9.04. The first-order valence-electron chi connectivity index (χ1n) is 5.38. The molecule has 3 nitrogen and oxygen atoms in total. The predicted molar refractivity (Wildman–Crippen MR) is 73.2 cm³/mol. The minimum atomic E-state index is -0.365. The summed E-state index contributed by atoms with van der Waals surface area (Å²) in [5.41, 5.74) is 1.49. The Kier molecular flexibility index (Phi) is 2.84. The van der Waals surface area contributed by atoms with Crippen molar-refractivity contribution >= 4 is 34.2 Å². The van der Waals surface area contributed by atoms with Crippen LogP contribution in [0.3, 0.4) is 0 Å². The Bertz CT molecular complexity index is 786. The van der Waals surface area contributed by atoms with Crippen LogP contribution in [0.4, 0.5) is 4.39 Å². The molecule has 0 spiro atoms. The molecule has 0 bridgehead atoms. The van der Waals surface area contributed by atoms with Crippen LogP contribution < -0.4 is 0 Å². The average molecular weight is 297 g/mol. The molecule has 6 heteroatoms. The second kappa shape index (κ2) is 4.40. The van der Waals surface area contributed by atoms with Crippen LogP contribution in [0.1, 0.15) is 0 Å². The van der Waals surface area contributed by atoms with Crippen molar-refractivity contribution in [3.05, 3.63) is 46.2 Å². The number of rotatable bonds is 1. The van der Waals surface area contributed by atoms with Gasteiger partial charge in [0.25, 0.3) is 0 Å². The van der Waals surface area contributed by atoms with E-state index in [1.807, 2.05) is 0 Å². The van der Waals surface area contributed by atoms with Gasteiger partial charge >= 0.3 is 0 Å². The van der Waals surface area contributed by atoms with E-state index in [9.17, 15) is 9.50 Å². The normalized spacial score (nSPS) is 11.1. The average Bonchev–Trinajstić information content (AvgIpc) is 2.76. The molecule has 0 radical (unpaired) electrons. The van der Waals surface area contributed by atoms with E-state index in [1.165, 1.54) is 24.3 Å². The van der Waals surface area contributed by atoms with E-state index in [4.69, 9.17) is 23.2 Å². The van der Waals surface area contributed by atoms with Crippen LogP contribution in [-0.4, -0.2) is 15.1 Å². The number of H-pyrrole nitrogens is 1. The van der Waals surface area contributed by atoms with Crippen LogP contribution in [0, 0.1) is 5.82 Å². The summed E-state index contributed by atoms with van der Waals surface area (Å²) in [7, 11) is 0. The summed E-state index contributed by atoms with van der Waals surface area (Å²) in [5, 5.41) is 10.4. The van der Waals surface area contributed by atoms with Gasteiger partial charge < -0.3 is 10.1 Å². The molecule has 19 heavy (non-hydrogen) atoms. The van der Waals surface area contributed by atoms with E-state index in [1.54, 1.807) is 6.07 Å². The van der Waals surface area contributed by atoms with Gasteiger partial charge in [-0.05, 0) is 30.3 Å². The van der Waals surface area contributed by atoms with Crippen molar-refractivity contribution in [1.29, 1.82) is 0 Å². The van der Waals surface area contributed by atoms with E-state index in [0.29, 0.717) is 27.4 Å². The van der Waals surface area contributed by atoms with E-state index >= 15 is 0 Å². The fourth-order valence-corrected chi connectivity index (χ4v) is 2.35. The van der Waals surface area contributed by atoms with Gasteiger partial charge in [0, 0.05) is 5.02 Å². The first-order valence-corrected chi connectivity index (χ1v) is 6.14. The van der Waals surface area contributed by atoms with Crippen LogP contribution >= 0.6 is 23.2 Å². The highest BCUT2D eigenvalue weighted by Gasteiger charge is 2.14. The SMILES string of the molecule is Oc1c(Cl)cc(Cl)cc1-c1nc2ccc(F)cc2[nH]1. The molecule has 3 aromatic rings. The minimum Gasteiger partial charge on any atom is -0.506 e. The molecule has 0 saturated heterocycles. The number of aromatic hydroxyl groups is 1. The van der Waals surface area contributed by atoms with Gasteiger partial charge in [-0.3, -0.25) is 0 Å². The summed E-state index contributed by atoms with van der Waals surface area (Å²) >= 11 is 11.8. The fourth-order valence-electron chi connectivity index (χ4n) is 1.86. The van der Waals surface area contributed by atoms with Gasteiger partial charge in [-0.1, -0.05) is 23.2 Å². The van der Waals surface area contributed by atoms with Gasteiger partial charge in [-0.15, -0.1) is 0 Å². The predicted octanol–water partition coefficient (Wildman–Crippen LogP) is 4.38. The van der Waals surface area contributed by atoms with Crippen LogP contribution in [0.5, 0.6) is 5.75 Å². The van der Waals surface area contributed by atoms with Crippen molar-refractivity contribution in [2.45, 2.75) is 0 Å². The van der Waals surface area contributed by atoms with E-state index in [0.717, 1.165) is 0 Å². The zero-order chi connectivity index (χ0) is 13.6. The molecule has 0 unspecified atom stereocenters. The smallest absolute Gasteiger partial charge is 0.145 e. The third kappa shape index (κ3) is 2.13. The molecular formula is C13H7Cl2FN2O. The zero-order valence-corrected chi connectivity index (χ0v) is 10.9. The van der Waals surface area contributed by atoms with E-state index < -0.39 is 0 Å². The molecule has 0 fully saturated rings. The lowest BCUT2D eigenvalue weighted by atomic mass is 10.2. The van der Waals surface area contributed by atoms with Crippen LogP contribution in [0.15, 0.2) is 30.3 Å². The highest BCUT2D eigenvalue weighted by Crippen LogP contribution is 2.37. The molecule has 0 saturated carbocycles. The van der Waals surface area contributed by atoms with Crippen molar-refractivity contribution in [1.82, 2.24) is 9.97 Å². The van der Waals surface area contributed by atoms with Crippen molar-refractivity contribution in [2.24, 2.45) is 0 Å². The number of imidazole rings is 1. The lowest BCUT2D eigenvalue weighted by molar-refractivity contribution is 0.477. The Balaban J connectivity index is 2.24. The molecule has 0 atom stereocenters. The Morgan fingerprint density at radius 2 is 1.95 bits per heavy atom. The fraction of sp³-hybridized carbons (Fsp3) is 0. The molecule has 2 N–H and O–H groups in total. The van der Waals surface area contributed by atoms with E-state index in [-0.39, 0.29) is 16.6 Å². The molecule has 96 valence electrons. The molecule has 0 aliphatic carbocycles. The number of nitrogens with one attached hydrogen (secondary N) is 1. The van der Waals surface area contributed by atoms with Gasteiger partial charge in [-0.25, -0.2) is 9.37 Å². The summed E-state index contributed by atoms with van der Waals surface area (Å²) < 4.78 is 13.1. The lowest BCUT2D eigenvalue weighted by Gasteiger charge is -2.04. The summed E-state index contributed by atoms with van der Waals surface area (Å²) in [4.78, 5) is 7.19. The number of halogens is 3. The molecule has 0 aliphatic heterocycles. The summed E-state index contributed by atoms with van der Waals surface area (Å²) in [6.45, 7) is 0. The van der Waals surface area contributed by atoms with Crippen LogP contribution in [-0.2, 0) is 0 Å². The summed E-state index contributed by atoms with van der Waals surface area (Å²) in [5.74, 6) is -0.107. The second-order valence-corrected chi connectivity index (χ2v) is 4.87. The lowest BCUT2D eigenvalue weighted by Crippen LogP contribution is -1.83. The van der Waals surface area contributed by atoms with Crippen molar-refractivity contribution in [2.75, 3.05) is 0 Å². The Labute approximate surface area is 117 Å². The molecule has 0 aliphatic rings. The number of hydrogen-bond donors (Lipinski definition) is 2. The Hall–Kier alpha value is -1.78. The highest BCUT2D eigenvalue weighted by atomic mass is 35.5. The largest absolute Gasteiger partial charge is 0.506 e. The number of hydrogen-bond acceptors (Lipinski definition) is 2. The van der Waals surface area contributed by atoms with Crippen molar-refractivity contribution in [3.8, 4) is 17.1 Å². The number of aromatic amines is 1. The van der Waals surface area contributed by atoms with Gasteiger partial charge in [0.05, 0.1) is 21.6 Å². The van der Waals surface area contributed by atoms with Gasteiger partial charge in [0.2, 0.25) is 0 Å². The summed E-state index contributed by atoms with van der Waals surface area (Å²) in [6, 6.07) is 7.17. The van der Waals surface area contributed by atoms with Crippen molar-refractivity contribution in [3.63, 3.8) is 0 Å². The third-order valence-electron chi connectivity index (χ3n) is 2.73. The number of phenolic OH excluding ortho intramolecular Hbond substituents is 1. The first kappa shape index (κ1) is 12.3. The number of benzene rings is 2. The standard InChI is InChI=1S/C13H7Cl2FN2O/c14-6-3-8(12(19)9(15)4-6)13-17-10-2-1-7(16)5-11(10)18-13/h1-5,19H,(H,17,18). The molecule has 3 rings (SSSR count). The van der Waals surface area contributed by atoms with E-state index in [2.05, 4.69) is 9.97 Å². The molecule has 1 heterocycles. The Morgan fingerprint density at radius 1 is 1.16 bits per heavy atom. The van der Waals surface area contributed by atoms with Gasteiger partial charge in [-0.2, -0.15) is 0 Å². The molecular weight excluding hydrogens is 290 g/mol. The van der Waals surface area contributed by atoms with Crippen molar-refractivity contribution < 1.29 is 9.50 Å². The van der Waals surface area contributed by atoms with Crippen LogP contribution in [0.25, 0.3) is 22.4 Å². The Morgan fingerprint density at radius 3 is 2.74 bits per heavy atom. The van der Waals surface area contributed by atoms with Gasteiger partial charge in [0.15, 0.2) is 0 Å². The second-order valence-electron chi connectivity index (χ2n) is 4.03. The quantitative estimate of drug-likeness (QED) is 0.700. The highest BCUT2D eigenvalue weighted by molar-refractivity contribution is 6.36. The maximum atomic E-state index is 13.1. The molecule has 2 aromatic carbocycles. The number of nitrogens with zero attached hydrogens (tertiary/aromatic N) is 1. The van der Waals surface area contributed by atoms with Crippen LogP contribution in [0.2, 0.25) is 10.0 Å². The number of aromatic nitrogens is 2. The monoisotopic (exact) mass is 296 g/mol. The number of fused-ring (bicyclic) bond motifs is 1. The van der Waals surface area contributed by atoms with Gasteiger partial charge in [0.1, 0.15) is 17.4 Å². The minimum absolute atomic E-state index is 0.120.